The van der Waals surface area contributed by atoms with Crippen LogP contribution in [0.2, 0.25) is 0 Å². The van der Waals surface area contributed by atoms with Gasteiger partial charge in [0.1, 0.15) is 0 Å². The van der Waals surface area contributed by atoms with Crippen LogP contribution < -0.4 is 0 Å². The summed E-state index contributed by atoms with van der Waals surface area (Å²) in [6.07, 6.45) is 1.19. The SMILES string of the molecule is CC(CC(=O)OCC(=O)O)CC(C)(C)C. The number of carboxylic acids is 1. The number of rotatable bonds is 5. The molecule has 15 heavy (non-hydrogen) atoms. The predicted octanol–water partition coefficient (Wildman–Crippen LogP) is 2.08. The zero-order valence-corrected chi connectivity index (χ0v) is 9.87. The Labute approximate surface area is 90.6 Å². The average Bonchev–Trinajstić information content (AvgIpc) is 1.96. The molecule has 4 nitrogen and oxygen atoms in total. The van der Waals surface area contributed by atoms with Crippen molar-refractivity contribution in [2.45, 2.75) is 40.5 Å². The first kappa shape index (κ1) is 13.9. The molecule has 0 aromatic carbocycles. The van der Waals surface area contributed by atoms with Gasteiger partial charge in [0, 0.05) is 6.42 Å². The Bertz CT molecular complexity index is 227. The Kier molecular flexibility index (Phi) is 5.33. The fourth-order valence-electron chi connectivity index (χ4n) is 1.60. The smallest absolute Gasteiger partial charge is 0.341 e. The lowest BCUT2D eigenvalue weighted by Gasteiger charge is -2.22. The Morgan fingerprint density at radius 1 is 1.33 bits per heavy atom. The molecule has 0 amide bonds. The van der Waals surface area contributed by atoms with E-state index in [1.54, 1.807) is 0 Å². The molecular weight excluding hydrogens is 196 g/mol. The van der Waals surface area contributed by atoms with E-state index >= 15 is 0 Å². The van der Waals surface area contributed by atoms with Crippen molar-refractivity contribution in [3.05, 3.63) is 0 Å². The molecule has 0 aromatic heterocycles. The first-order valence-corrected chi connectivity index (χ1v) is 5.08. The number of aliphatic carboxylic acids is 1. The van der Waals surface area contributed by atoms with Gasteiger partial charge >= 0.3 is 11.9 Å². The lowest BCUT2D eigenvalue weighted by atomic mass is 9.84. The lowest BCUT2D eigenvalue weighted by molar-refractivity contribution is -0.155. The van der Waals surface area contributed by atoms with Crippen molar-refractivity contribution in [3.8, 4) is 0 Å². The van der Waals surface area contributed by atoms with Gasteiger partial charge in [-0.3, -0.25) is 4.79 Å². The van der Waals surface area contributed by atoms with Gasteiger partial charge in [0.2, 0.25) is 0 Å². The van der Waals surface area contributed by atoms with Crippen LogP contribution in [-0.4, -0.2) is 23.7 Å². The lowest BCUT2D eigenvalue weighted by Crippen LogP contribution is -2.18. The first-order chi connectivity index (χ1) is 6.70. The van der Waals surface area contributed by atoms with Gasteiger partial charge < -0.3 is 9.84 Å². The summed E-state index contributed by atoms with van der Waals surface area (Å²) in [5.74, 6) is -1.34. The Morgan fingerprint density at radius 3 is 2.27 bits per heavy atom. The van der Waals surface area contributed by atoms with E-state index in [4.69, 9.17) is 5.11 Å². The van der Waals surface area contributed by atoms with Crippen LogP contribution in [0.5, 0.6) is 0 Å². The van der Waals surface area contributed by atoms with Crippen LogP contribution in [0, 0.1) is 11.3 Å². The van der Waals surface area contributed by atoms with E-state index in [0.717, 1.165) is 6.42 Å². The minimum Gasteiger partial charge on any atom is -0.479 e. The number of esters is 1. The molecule has 0 aliphatic carbocycles. The van der Waals surface area contributed by atoms with Crippen molar-refractivity contribution in [1.82, 2.24) is 0 Å². The zero-order valence-electron chi connectivity index (χ0n) is 9.87. The fourth-order valence-corrected chi connectivity index (χ4v) is 1.60. The summed E-state index contributed by atoms with van der Waals surface area (Å²) in [6.45, 7) is 7.73. The van der Waals surface area contributed by atoms with E-state index in [1.807, 2.05) is 6.92 Å². The van der Waals surface area contributed by atoms with E-state index in [2.05, 4.69) is 25.5 Å². The molecule has 0 rings (SSSR count). The van der Waals surface area contributed by atoms with Gasteiger partial charge in [-0.15, -0.1) is 0 Å². The summed E-state index contributed by atoms with van der Waals surface area (Å²) in [6, 6.07) is 0. The van der Waals surface area contributed by atoms with Gasteiger partial charge in [-0.2, -0.15) is 0 Å². The third-order valence-electron chi connectivity index (χ3n) is 1.83. The van der Waals surface area contributed by atoms with Crippen LogP contribution in [0.25, 0.3) is 0 Å². The maximum Gasteiger partial charge on any atom is 0.341 e. The highest BCUT2D eigenvalue weighted by atomic mass is 16.5. The van der Waals surface area contributed by atoms with Crippen molar-refractivity contribution in [2.24, 2.45) is 11.3 Å². The van der Waals surface area contributed by atoms with Crippen molar-refractivity contribution >= 4 is 11.9 Å². The molecule has 0 aliphatic heterocycles. The van der Waals surface area contributed by atoms with Crippen LogP contribution in [0.15, 0.2) is 0 Å². The van der Waals surface area contributed by atoms with Gasteiger partial charge in [-0.25, -0.2) is 4.79 Å². The molecule has 0 bridgehead atoms. The molecule has 1 unspecified atom stereocenters. The van der Waals surface area contributed by atoms with E-state index in [9.17, 15) is 9.59 Å². The van der Waals surface area contributed by atoms with E-state index in [-0.39, 0.29) is 17.8 Å². The van der Waals surface area contributed by atoms with Crippen LogP contribution in [0.4, 0.5) is 0 Å². The number of carbonyl (C=O) groups excluding carboxylic acids is 1. The summed E-state index contributed by atoms with van der Waals surface area (Å²) in [4.78, 5) is 21.3. The molecule has 0 spiro atoms. The second-order valence-corrected chi connectivity index (χ2v) is 5.13. The van der Waals surface area contributed by atoms with E-state index in [1.165, 1.54) is 0 Å². The van der Waals surface area contributed by atoms with Crippen molar-refractivity contribution < 1.29 is 19.4 Å². The molecule has 88 valence electrons. The summed E-state index contributed by atoms with van der Waals surface area (Å²) in [5.41, 5.74) is 0.173. The summed E-state index contributed by atoms with van der Waals surface area (Å²) in [5, 5.41) is 8.31. The number of hydrogen-bond acceptors (Lipinski definition) is 3. The molecule has 0 aliphatic rings. The van der Waals surface area contributed by atoms with Gasteiger partial charge in [0.15, 0.2) is 6.61 Å². The molecule has 0 heterocycles. The Morgan fingerprint density at radius 2 is 1.87 bits per heavy atom. The maximum absolute atomic E-state index is 11.2. The third kappa shape index (κ3) is 9.25. The average molecular weight is 216 g/mol. The van der Waals surface area contributed by atoms with Crippen molar-refractivity contribution in [1.29, 1.82) is 0 Å². The van der Waals surface area contributed by atoms with Gasteiger partial charge in [-0.05, 0) is 17.8 Å². The Hall–Kier alpha value is -1.06. The molecule has 0 fully saturated rings. The standard InChI is InChI=1S/C11H20O4/c1-8(6-11(2,3)4)5-10(14)15-7-9(12)13/h8H,5-7H2,1-4H3,(H,12,13). The van der Waals surface area contributed by atoms with Crippen LogP contribution in [0.3, 0.4) is 0 Å². The van der Waals surface area contributed by atoms with Crippen molar-refractivity contribution in [2.75, 3.05) is 6.61 Å². The number of ether oxygens (including phenoxy) is 1. The van der Waals surface area contributed by atoms with E-state index in [0.29, 0.717) is 0 Å². The molecule has 0 saturated heterocycles. The number of carboxylic acid groups (broad SMARTS) is 1. The highest BCUT2D eigenvalue weighted by Crippen LogP contribution is 2.25. The zero-order chi connectivity index (χ0) is 12.1. The number of hydrogen-bond donors (Lipinski definition) is 1. The van der Waals surface area contributed by atoms with Crippen LogP contribution >= 0.6 is 0 Å². The Balaban J connectivity index is 3.81. The van der Waals surface area contributed by atoms with Gasteiger partial charge in [0.25, 0.3) is 0 Å². The third-order valence-corrected chi connectivity index (χ3v) is 1.83. The molecule has 0 saturated carbocycles. The monoisotopic (exact) mass is 216 g/mol. The largest absolute Gasteiger partial charge is 0.479 e. The topological polar surface area (TPSA) is 63.6 Å². The molecule has 4 heteroatoms. The van der Waals surface area contributed by atoms with Crippen LogP contribution in [-0.2, 0) is 14.3 Å². The number of carbonyl (C=O) groups is 2. The highest BCUT2D eigenvalue weighted by Gasteiger charge is 2.18. The highest BCUT2D eigenvalue weighted by molar-refractivity contribution is 5.75. The van der Waals surface area contributed by atoms with Gasteiger partial charge in [-0.1, -0.05) is 27.7 Å². The molecule has 1 atom stereocenters. The maximum atomic E-state index is 11.2. The quantitative estimate of drug-likeness (QED) is 0.714. The molecule has 1 N–H and O–H groups in total. The summed E-state index contributed by atoms with van der Waals surface area (Å²) >= 11 is 0. The fraction of sp³-hybridized carbons (Fsp3) is 0.818. The second-order valence-electron chi connectivity index (χ2n) is 5.13. The normalized spacial score (nSPS) is 13.3. The molecule has 0 radical (unpaired) electrons. The van der Waals surface area contributed by atoms with Crippen LogP contribution in [0.1, 0.15) is 40.5 Å². The molecular formula is C11H20O4. The second kappa shape index (κ2) is 5.73. The van der Waals surface area contributed by atoms with Gasteiger partial charge in [0.05, 0.1) is 0 Å². The van der Waals surface area contributed by atoms with Crippen molar-refractivity contribution in [3.63, 3.8) is 0 Å². The minimum atomic E-state index is -1.12. The van der Waals surface area contributed by atoms with E-state index < -0.39 is 18.5 Å². The molecule has 0 aromatic rings. The summed E-state index contributed by atoms with van der Waals surface area (Å²) < 4.78 is 4.55. The first-order valence-electron chi connectivity index (χ1n) is 5.08. The predicted molar refractivity (Wildman–Crippen MR) is 56.4 cm³/mol. The minimum absolute atomic E-state index is 0.173. The summed E-state index contributed by atoms with van der Waals surface area (Å²) in [7, 11) is 0.